The van der Waals surface area contributed by atoms with Crippen molar-refractivity contribution >= 4 is 5.91 Å². The predicted octanol–water partition coefficient (Wildman–Crippen LogP) is 2.94. The molecule has 0 aliphatic carbocycles. The largest absolute Gasteiger partial charge is 0.490 e. The molecule has 0 saturated carbocycles. The summed E-state index contributed by atoms with van der Waals surface area (Å²) in [5.41, 5.74) is 1.13. The molecule has 0 aliphatic heterocycles. The lowest BCUT2D eigenvalue weighted by atomic mass is 10.1. The standard InChI is InChI=1S/C16H25NO3/c1-4-7-16(18)17-11-10-13-8-9-14(19-5-2)15(12-13)20-6-3/h8-9,12H,4-7,10-11H2,1-3H3,(H,17,18). The van der Waals surface area contributed by atoms with Gasteiger partial charge >= 0.3 is 0 Å². The Labute approximate surface area is 121 Å². The van der Waals surface area contributed by atoms with Gasteiger partial charge in [0.1, 0.15) is 0 Å². The van der Waals surface area contributed by atoms with Crippen molar-refractivity contribution in [3.8, 4) is 11.5 Å². The maximum Gasteiger partial charge on any atom is 0.219 e. The minimum atomic E-state index is 0.114. The van der Waals surface area contributed by atoms with E-state index in [0.717, 1.165) is 29.9 Å². The van der Waals surface area contributed by atoms with Crippen LogP contribution in [0.3, 0.4) is 0 Å². The number of benzene rings is 1. The molecule has 1 aromatic rings. The molecule has 0 heterocycles. The second kappa shape index (κ2) is 9.23. The van der Waals surface area contributed by atoms with Crippen molar-refractivity contribution in [1.82, 2.24) is 5.32 Å². The zero-order valence-corrected chi connectivity index (χ0v) is 12.7. The molecule has 0 atom stereocenters. The number of amides is 1. The van der Waals surface area contributed by atoms with Crippen LogP contribution in [0.1, 0.15) is 39.2 Å². The Balaban J connectivity index is 2.57. The van der Waals surface area contributed by atoms with Gasteiger partial charge in [0.25, 0.3) is 0 Å². The van der Waals surface area contributed by atoms with Crippen LogP contribution < -0.4 is 14.8 Å². The van der Waals surface area contributed by atoms with Crippen LogP contribution in [0.2, 0.25) is 0 Å². The van der Waals surface area contributed by atoms with Crippen LogP contribution in [-0.2, 0) is 11.2 Å². The van der Waals surface area contributed by atoms with Gasteiger partial charge in [0.15, 0.2) is 11.5 Å². The zero-order valence-electron chi connectivity index (χ0n) is 12.7. The molecule has 0 fully saturated rings. The summed E-state index contributed by atoms with van der Waals surface area (Å²) in [7, 11) is 0. The van der Waals surface area contributed by atoms with E-state index in [4.69, 9.17) is 9.47 Å². The van der Waals surface area contributed by atoms with Crippen LogP contribution in [0.15, 0.2) is 18.2 Å². The number of ether oxygens (including phenoxy) is 2. The first kappa shape index (κ1) is 16.3. The number of carbonyl (C=O) groups is 1. The third-order valence-electron chi connectivity index (χ3n) is 2.82. The molecule has 1 N–H and O–H groups in total. The SMILES string of the molecule is CCCC(=O)NCCc1ccc(OCC)c(OCC)c1. The van der Waals surface area contributed by atoms with Crippen molar-refractivity contribution in [2.75, 3.05) is 19.8 Å². The first-order chi connectivity index (χ1) is 9.71. The molecule has 0 saturated heterocycles. The molecule has 0 bridgehead atoms. The summed E-state index contributed by atoms with van der Waals surface area (Å²) in [4.78, 5) is 11.4. The van der Waals surface area contributed by atoms with E-state index < -0.39 is 0 Å². The summed E-state index contributed by atoms with van der Waals surface area (Å²) in [5.74, 6) is 1.66. The van der Waals surface area contributed by atoms with Crippen molar-refractivity contribution in [2.45, 2.75) is 40.0 Å². The van der Waals surface area contributed by atoms with Crippen molar-refractivity contribution in [1.29, 1.82) is 0 Å². The molecular formula is C16H25NO3. The quantitative estimate of drug-likeness (QED) is 0.756. The van der Waals surface area contributed by atoms with Gasteiger partial charge < -0.3 is 14.8 Å². The van der Waals surface area contributed by atoms with Crippen LogP contribution in [0.4, 0.5) is 0 Å². The van der Waals surface area contributed by atoms with E-state index in [1.54, 1.807) is 0 Å². The number of hydrogen-bond donors (Lipinski definition) is 1. The fraction of sp³-hybridized carbons (Fsp3) is 0.562. The summed E-state index contributed by atoms with van der Waals surface area (Å²) < 4.78 is 11.1. The monoisotopic (exact) mass is 279 g/mol. The molecule has 0 aliphatic rings. The van der Waals surface area contributed by atoms with Crippen molar-refractivity contribution in [3.05, 3.63) is 23.8 Å². The molecule has 112 valence electrons. The molecule has 4 heteroatoms. The first-order valence-electron chi connectivity index (χ1n) is 7.36. The lowest BCUT2D eigenvalue weighted by Gasteiger charge is -2.12. The Morgan fingerprint density at radius 3 is 2.45 bits per heavy atom. The third kappa shape index (κ3) is 5.51. The number of hydrogen-bond acceptors (Lipinski definition) is 3. The van der Waals surface area contributed by atoms with Crippen LogP contribution in [-0.4, -0.2) is 25.7 Å². The highest BCUT2D eigenvalue weighted by atomic mass is 16.5. The highest BCUT2D eigenvalue weighted by Crippen LogP contribution is 2.28. The minimum absolute atomic E-state index is 0.114. The number of carbonyl (C=O) groups excluding carboxylic acids is 1. The second-order valence-corrected chi connectivity index (χ2v) is 4.50. The van der Waals surface area contributed by atoms with E-state index in [2.05, 4.69) is 5.32 Å². The first-order valence-corrected chi connectivity index (χ1v) is 7.36. The summed E-state index contributed by atoms with van der Waals surface area (Å²) in [6.45, 7) is 7.78. The molecule has 1 amide bonds. The Morgan fingerprint density at radius 1 is 1.10 bits per heavy atom. The van der Waals surface area contributed by atoms with Gasteiger partial charge in [-0.3, -0.25) is 4.79 Å². The van der Waals surface area contributed by atoms with Gasteiger partial charge in [-0.05, 0) is 44.4 Å². The topological polar surface area (TPSA) is 47.6 Å². The molecule has 0 radical (unpaired) electrons. The summed E-state index contributed by atoms with van der Waals surface area (Å²) in [5, 5.41) is 2.91. The average molecular weight is 279 g/mol. The lowest BCUT2D eigenvalue weighted by molar-refractivity contribution is -0.121. The highest BCUT2D eigenvalue weighted by molar-refractivity contribution is 5.75. The summed E-state index contributed by atoms with van der Waals surface area (Å²) in [6, 6.07) is 5.93. The van der Waals surface area contributed by atoms with Gasteiger partial charge in [-0.2, -0.15) is 0 Å². The van der Waals surface area contributed by atoms with Gasteiger partial charge in [-0.1, -0.05) is 13.0 Å². The fourth-order valence-corrected chi connectivity index (χ4v) is 1.91. The number of rotatable bonds is 9. The van der Waals surface area contributed by atoms with Gasteiger partial charge in [-0.15, -0.1) is 0 Å². The van der Waals surface area contributed by atoms with Crippen molar-refractivity contribution < 1.29 is 14.3 Å². The highest BCUT2D eigenvalue weighted by Gasteiger charge is 2.06. The van der Waals surface area contributed by atoms with Crippen LogP contribution in [0.25, 0.3) is 0 Å². The van der Waals surface area contributed by atoms with Crippen molar-refractivity contribution in [2.24, 2.45) is 0 Å². The molecule has 1 rings (SSSR count). The fourth-order valence-electron chi connectivity index (χ4n) is 1.91. The molecule has 4 nitrogen and oxygen atoms in total. The smallest absolute Gasteiger partial charge is 0.219 e. The average Bonchev–Trinajstić information content (AvgIpc) is 2.42. The van der Waals surface area contributed by atoms with E-state index in [9.17, 15) is 4.79 Å². The van der Waals surface area contributed by atoms with Gasteiger partial charge in [0.2, 0.25) is 5.91 Å². The van der Waals surface area contributed by atoms with E-state index in [1.165, 1.54) is 0 Å². The predicted molar refractivity (Wildman–Crippen MR) is 80.4 cm³/mol. The Bertz CT molecular complexity index is 418. The second-order valence-electron chi connectivity index (χ2n) is 4.50. The van der Waals surface area contributed by atoms with E-state index in [-0.39, 0.29) is 5.91 Å². The molecule has 0 aromatic heterocycles. The summed E-state index contributed by atoms with van der Waals surface area (Å²) >= 11 is 0. The molecule has 0 unspecified atom stereocenters. The Kier molecular flexibility index (Phi) is 7.55. The van der Waals surface area contributed by atoms with Crippen LogP contribution in [0, 0.1) is 0 Å². The van der Waals surface area contributed by atoms with Gasteiger partial charge in [0.05, 0.1) is 13.2 Å². The van der Waals surface area contributed by atoms with Gasteiger partial charge in [0, 0.05) is 13.0 Å². The van der Waals surface area contributed by atoms with E-state index in [1.807, 2.05) is 39.0 Å². The zero-order chi connectivity index (χ0) is 14.8. The minimum Gasteiger partial charge on any atom is -0.490 e. The van der Waals surface area contributed by atoms with E-state index >= 15 is 0 Å². The Morgan fingerprint density at radius 2 is 1.80 bits per heavy atom. The van der Waals surface area contributed by atoms with Gasteiger partial charge in [-0.25, -0.2) is 0 Å². The van der Waals surface area contributed by atoms with Crippen molar-refractivity contribution in [3.63, 3.8) is 0 Å². The molecule has 20 heavy (non-hydrogen) atoms. The lowest BCUT2D eigenvalue weighted by Crippen LogP contribution is -2.25. The third-order valence-corrected chi connectivity index (χ3v) is 2.82. The summed E-state index contributed by atoms with van der Waals surface area (Å²) in [6.07, 6.45) is 2.26. The number of nitrogens with one attached hydrogen (secondary N) is 1. The molecule has 0 spiro atoms. The molecule has 1 aromatic carbocycles. The maximum absolute atomic E-state index is 11.4. The molecular weight excluding hydrogens is 254 g/mol. The van der Waals surface area contributed by atoms with Crippen LogP contribution in [0.5, 0.6) is 11.5 Å². The Hall–Kier alpha value is -1.71. The van der Waals surface area contributed by atoms with E-state index in [0.29, 0.717) is 26.2 Å². The normalized spacial score (nSPS) is 10.2. The van der Waals surface area contributed by atoms with Crippen LogP contribution >= 0.6 is 0 Å². The maximum atomic E-state index is 11.4.